The maximum absolute atomic E-state index is 13.5. The second-order valence-electron chi connectivity index (χ2n) is 10.6. The third kappa shape index (κ3) is 5.25. The number of carbonyl (C=O) groups is 1. The maximum atomic E-state index is 13.5. The SMILES string of the molecule is COc1ccc(N=NC(=C2C=C(C(C)(C)C)C(=O)C(C(C)(C)C)=C2)c2scc3c2OCCO3)cc1. The number of fused-ring (bicyclic) bond motifs is 1. The number of carbonyl (C=O) groups excluding carboxylic acids is 1. The zero-order valence-corrected chi connectivity index (χ0v) is 22.2. The minimum atomic E-state index is -0.334. The van der Waals surface area contributed by atoms with Crippen molar-refractivity contribution in [1.29, 1.82) is 0 Å². The van der Waals surface area contributed by atoms with E-state index >= 15 is 0 Å². The van der Waals surface area contributed by atoms with Gasteiger partial charge in [0.15, 0.2) is 17.3 Å². The summed E-state index contributed by atoms with van der Waals surface area (Å²) in [5.41, 5.74) is 3.00. The van der Waals surface area contributed by atoms with E-state index in [-0.39, 0.29) is 16.6 Å². The Balaban J connectivity index is 1.94. The number of allylic oxidation sites excluding steroid dienone is 5. The molecule has 2 aliphatic rings. The summed E-state index contributed by atoms with van der Waals surface area (Å²) in [7, 11) is 1.63. The van der Waals surface area contributed by atoms with Crippen molar-refractivity contribution in [3.63, 3.8) is 0 Å². The van der Waals surface area contributed by atoms with Crippen molar-refractivity contribution in [3.8, 4) is 17.2 Å². The lowest BCUT2D eigenvalue weighted by molar-refractivity contribution is -0.114. The van der Waals surface area contributed by atoms with Crippen LogP contribution in [0.3, 0.4) is 0 Å². The van der Waals surface area contributed by atoms with Crippen LogP contribution in [0.4, 0.5) is 5.69 Å². The first-order valence-electron chi connectivity index (χ1n) is 11.7. The third-order valence-corrected chi connectivity index (χ3v) is 6.78. The highest BCUT2D eigenvalue weighted by atomic mass is 32.1. The minimum Gasteiger partial charge on any atom is -0.497 e. The molecule has 0 amide bonds. The van der Waals surface area contributed by atoms with Crippen LogP contribution in [0.15, 0.2) is 68.7 Å². The first kappa shape index (κ1) is 24.9. The van der Waals surface area contributed by atoms with Crippen molar-refractivity contribution in [2.45, 2.75) is 41.5 Å². The summed E-state index contributed by atoms with van der Waals surface area (Å²) in [6.07, 6.45) is 3.91. The first-order valence-corrected chi connectivity index (χ1v) is 12.5. The number of Topliss-reactive ketones (excluding diaryl/α,β-unsaturated/α-hetero) is 1. The summed E-state index contributed by atoms with van der Waals surface area (Å²) < 4.78 is 17.0. The summed E-state index contributed by atoms with van der Waals surface area (Å²) in [6.45, 7) is 13.3. The Kier molecular flexibility index (Phi) is 6.73. The topological polar surface area (TPSA) is 69.5 Å². The van der Waals surface area contributed by atoms with Gasteiger partial charge in [0.05, 0.1) is 12.8 Å². The zero-order valence-electron chi connectivity index (χ0n) is 21.4. The fourth-order valence-electron chi connectivity index (χ4n) is 3.90. The molecule has 0 N–H and O–H groups in total. The minimum absolute atomic E-state index is 0.0768. The molecule has 1 aromatic carbocycles. The van der Waals surface area contributed by atoms with Gasteiger partial charge in [0.25, 0.3) is 0 Å². The fraction of sp³-hybridized carbons (Fsp3) is 0.393. The highest BCUT2D eigenvalue weighted by Crippen LogP contribution is 2.47. The molecule has 2 heterocycles. The maximum Gasteiger partial charge on any atom is 0.186 e. The smallest absolute Gasteiger partial charge is 0.186 e. The van der Waals surface area contributed by atoms with Crippen LogP contribution in [0.25, 0.3) is 5.70 Å². The number of rotatable bonds is 4. The quantitative estimate of drug-likeness (QED) is 0.413. The van der Waals surface area contributed by atoms with Gasteiger partial charge in [0, 0.05) is 22.1 Å². The van der Waals surface area contributed by atoms with Crippen LogP contribution in [-0.4, -0.2) is 26.1 Å². The van der Waals surface area contributed by atoms with Gasteiger partial charge < -0.3 is 14.2 Å². The molecule has 35 heavy (non-hydrogen) atoms. The Morgan fingerprint density at radius 1 is 0.943 bits per heavy atom. The van der Waals surface area contributed by atoms with Gasteiger partial charge in [0.2, 0.25) is 0 Å². The van der Waals surface area contributed by atoms with Crippen molar-refractivity contribution in [2.75, 3.05) is 20.3 Å². The summed E-state index contributed by atoms with van der Waals surface area (Å²) in [4.78, 5) is 14.3. The Morgan fingerprint density at radius 3 is 2.11 bits per heavy atom. The van der Waals surface area contributed by atoms with Crippen molar-refractivity contribution >= 4 is 28.5 Å². The van der Waals surface area contributed by atoms with Crippen molar-refractivity contribution in [2.24, 2.45) is 21.1 Å². The lowest BCUT2D eigenvalue weighted by Gasteiger charge is -2.31. The van der Waals surface area contributed by atoms with E-state index in [4.69, 9.17) is 19.3 Å². The molecule has 7 heteroatoms. The summed E-state index contributed by atoms with van der Waals surface area (Å²) in [5, 5.41) is 11.2. The van der Waals surface area contributed by atoms with Crippen molar-refractivity contribution < 1.29 is 19.0 Å². The molecule has 0 fully saturated rings. The van der Waals surface area contributed by atoms with E-state index in [1.165, 1.54) is 11.3 Å². The number of thiophene rings is 1. The van der Waals surface area contributed by atoms with Crippen LogP contribution in [0.2, 0.25) is 0 Å². The molecule has 0 saturated carbocycles. The largest absolute Gasteiger partial charge is 0.497 e. The number of azo groups is 1. The molecule has 184 valence electrons. The molecule has 1 aliphatic heterocycles. The molecule has 6 nitrogen and oxygen atoms in total. The highest BCUT2D eigenvalue weighted by Gasteiger charge is 2.35. The van der Waals surface area contributed by atoms with Gasteiger partial charge in [-0.3, -0.25) is 4.79 Å². The first-order chi connectivity index (χ1) is 16.5. The number of benzene rings is 1. The van der Waals surface area contributed by atoms with Crippen LogP contribution in [0.1, 0.15) is 46.4 Å². The number of nitrogens with zero attached hydrogens (tertiary/aromatic N) is 2. The number of hydrogen-bond acceptors (Lipinski definition) is 7. The number of ether oxygens (including phenoxy) is 3. The number of hydrogen-bond donors (Lipinski definition) is 0. The lowest BCUT2D eigenvalue weighted by atomic mass is 9.71. The average molecular weight is 493 g/mol. The zero-order chi connectivity index (χ0) is 25.4. The van der Waals surface area contributed by atoms with Crippen LogP contribution >= 0.6 is 11.3 Å². The second kappa shape index (κ2) is 9.46. The van der Waals surface area contributed by atoms with Crippen LogP contribution in [0.5, 0.6) is 17.2 Å². The molecule has 2 aromatic rings. The Labute approximate surface area is 211 Å². The van der Waals surface area contributed by atoms with E-state index in [0.717, 1.165) is 27.3 Å². The number of ketones is 1. The normalized spacial score (nSPS) is 16.3. The molecule has 0 saturated heterocycles. The van der Waals surface area contributed by atoms with Crippen molar-refractivity contribution in [3.05, 3.63) is 63.4 Å². The van der Waals surface area contributed by atoms with E-state index in [2.05, 4.69) is 46.7 Å². The van der Waals surface area contributed by atoms with Crippen LogP contribution in [-0.2, 0) is 4.79 Å². The predicted molar refractivity (Wildman–Crippen MR) is 140 cm³/mol. The van der Waals surface area contributed by atoms with Gasteiger partial charge in [-0.15, -0.1) is 16.5 Å². The Hall–Kier alpha value is -3.19. The molecule has 0 unspecified atom stereocenters. The lowest BCUT2D eigenvalue weighted by Crippen LogP contribution is -2.28. The van der Waals surface area contributed by atoms with Gasteiger partial charge in [-0.05, 0) is 47.2 Å². The number of methoxy groups -OCH3 is 1. The third-order valence-electron chi connectivity index (χ3n) is 5.83. The second-order valence-corrected chi connectivity index (χ2v) is 11.5. The molecular formula is C28H32N2O4S. The standard InChI is InChI=1S/C28H32N2O4S/c1-27(2,3)20-14-17(15-21(24(20)31)28(4,5)6)23(26-25-22(16-35-26)33-12-13-34-25)30-29-18-8-10-19(32-7)11-9-18/h8-11,14-16H,12-13H2,1-7H3. The summed E-state index contributed by atoms with van der Waals surface area (Å²) in [5.74, 6) is 2.21. The molecule has 0 spiro atoms. The van der Waals surface area contributed by atoms with Gasteiger partial charge >= 0.3 is 0 Å². The molecular weight excluding hydrogens is 460 g/mol. The molecule has 1 aliphatic carbocycles. The molecule has 0 bridgehead atoms. The molecule has 0 radical (unpaired) electrons. The highest BCUT2D eigenvalue weighted by molar-refractivity contribution is 7.11. The summed E-state index contributed by atoms with van der Waals surface area (Å²) in [6, 6.07) is 7.40. The molecule has 4 rings (SSSR count). The van der Waals surface area contributed by atoms with E-state index in [1.54, 1.807) is 7.11 Å². The van der Waals surface area contributed by atoms with Crippen LogP contribution in [0, 0.1) is 10.8 Å². The van der Waals surface area contributed by atoms with Gasteiger partial charge in [-0.1, -0.05) is 41.5 Å². The Morgan fingerprint density at radius 2 is 1.54 bits per heavy atom. The average Bonchev–Trinajstić information content (AvgIpc) is 3.23. The predicted octanol–water partition coefficient (Wildman–Crippen LogP) is 7.55. The Bertz CT molecular complexity index is 1210. The van der Waals surface area contributed by atoms with Crippen LogP contribution < -0.4 is 14.2 Å². The van der Waals surface area contributed by atoms with Crippen molar-refractivity contribution in [1.82, 2.24) is 0 Å². The van der Waals surface area contributed by atoms with Gasteiger partial charge in [0.1, 0.15) is 29.5 Å². The molecule has 0 atom stereocenters. The fourth-order valence-corrected chi connectivity index (χ4v) is 4.83. The molecule has 1 aromatic heterocycles. The summed E-state index contributed by atoms with van der Waals surface area (Å²) >= 11 is 1.50. The van der Waals surface area contributed by atoms with E-state index in [0.29, 0.717) is 36.1 Å². The van der Waals surface area contributed by atoms with E-state index in [1.807, 2.05) is 41.8 Å². The van der Waals surface area contributed by atoms with E-state index in [9.17, 15) is 4.79 Å². The monoisotopic (exact) mass is 492 g/mol. The van der Waals surface area contributed by atoms with E-state index < -0.39 is 0 Å². The van der Waals surface area contributed by atoms with Gasteiger partial charge in [-0.2, -0.15) is 5.11 Å². The van der Waals surface area contributed by atoms with Gasteiger partial charge in [-0.25, -0.2) is 0 Å².